The largest absolute Gasteiger partial charge is 0.388 e. The number of hydrogen-bond donors (Lipinski definition) is 5. The lowest BCUT2D eigenvalue weighted by atomic mass is 10.1. The minimum Gasteiger partial charge on any atom is -0.388 e. The zero-order valence-electron chi connectivity index (χ0n) is 31.8. The van der Waals surface area contributed by atoms with Gasteiger partial charge in [0.1, 0.15) is 22.1 Å². The van der Waals surface area contributed by atoms with Crippen LogP contribution in [0.15, 0.2) is 79.8 Å². The van der Waals surface area contributed by atoms with Crippen molar-refractivity contribution in [3.8, 4) is 0 Å². The number of amides is 2. The number of carbonyl (C=O) groups excluding carboxylic acids is 2. The molecule has 0 fully saturated rings. The van der Waals surface area contributed by atoms with E-state index < -0.39 is 24.0 Å². The smallest absolute Gasteiger partial charge is 0.262 e. The van der Waals surface area contributed by atoms with Crippen LogP contribution in [-0.4, -0.2) is 61.8 Å². The van der Waals surface area contributed by atoms with Gasteiger partial charge in [-0.05, 0) is 60.4 Å². The Balaban J connectivity index is 0.000000169. The lowest BCUT2D eigenvalue weighted by molar-refractivity contribution is 0.0995. The highest BCUT2D eigenvalue weighted by molar-refractivity contribution is 7.21. The predicted molar refractivity (Wildman–Crippen MR) is 228 cm³/mol. The number of aryl methyl sites for hydroxylation is 2. The topological polar surface area (TPSA) is 285 Å². The molecular formula is C38H33Cl3N10O8S2. The molecule has 0 spiro atoms. The fraction of sp³-hybridized carbons (Fsp3) is 0.211. The maximum Gasteiger partial charge on any atom is 0.262 e. The molecule has 2 aromatic carbocycles. The number of fused-ring (bicyclic) bond motifs is 2. The first-order chi connectivity index (χ1) is 29.1. The lowest BCUT2D eigenvalue weighted by Gasteiger charge is -2.08. The number of halogens is 3. The Morgan fingerprint density at radius 3 is 1.72 bits per heavy atom. The number of thiophene rings is 2. The lowest BCUT2D eigenvalue weighted by Crippen LogP contribution is -2.21. The molecule has 0 saturated heterocycles. The average Bonchev–Trinajstić information content (AvgIpc) is 4.03. The van der Waals surface area contributed by atoms with Crippen LogP contribution in [0.4, 0.5) is 0 Å². The molecule has 61 heavy (non-hydrogen) atoms. The fourth-order valence-electron chi connectivity index (χ4n) is 5.78. The van der Waals surface area contributed by atoms with Gasteiger partial charge in [-0.2, -0.15) is 9.97 Å². The normalized spacial score (nSPS) is 12.0. The number of nitrogens with two attached hydrogens (primary N) is 2. The standard InChI is InChI=1S/C19H16ClN5O4S.C11H10Cl2N2O2.C8H7N3O2S/c1-9-15-18(30-16(9)17(21)27)22-8-25(19(15)28)7-14-23-13(24-29-14)6-12(26)10-2-4-11(20)5-3-10;12-6-11-14-10(15-17-11)5-9(16)7-1-3-8(13)4-2-7;1-3-4-7(13)10-2-11-8(4)14-5(3)6(9)12/h2-5,8,12,26H,6-7H2,1H3,(H2,21,27);1-4,9,16H,5-6H2;2H,1H3,(H2,9,12)(H,10,11,13)/t12-;9-;/m00./s1. The van der Waals surface area contributed by atoms with E-state index in [-0.39, 0.29) is 42.3 Å². The van der Waals surface area contributed by atoms with Gasteiger partial charge in [0.05, 0.1) is 45.4 Å². The van der Waals surface area contributed by atoms with E-state index in [0.29, 0.717) is 74.5 Å². The summed E-state index contributed by atoms with van der Waals surface area (Å²) in [6.07, 6.45) is 1.58. The van der Waals surface area contributed by atoms with E-state index in [0.717, 1.165) is 28.2 Å². The SMILES string of the molecule is Cc1c(C(N)=O)sc2nc[nH]c(=O)c12.Cc1c(C(N)=O)sc2ncn(Cc3nc(C[C@H](O)c4ccc(Cl)cc4)no3)c(=O)c12.O[C@@H](Cc1noc(CCl)n1)c1ccc(Cl)cc1. The Kier molecular flexibility index (Phi) is 14.4. The van der Waals surface area contributed by atoms with Gasteiger partial charge in [0, 0.05) is 22.9 Å². The minimum atomic E-state index is -0.825. The fourth-order valence-corrected chi connectivity index (χ4v) is 8.14. The Morgan fingerprint density at radius 2 is 1.25 bits per heavy atom. The van der Waals surface area contributed by atoms with Gasteiger partial charge in [-0.1, -0.05) is 57.8 Å². The first-order valence-corrected chi connectivity index (χ1v) is 20.7. The second-order valence-corrected chi connectivity index (χ2v) is 16.1. The third-order valence-corrected chi connectivity index (χ3v) is 12.0. The van der Waals surface area contributed by atoms with Gasteiger partial charge in [-0.15, -0.1) is 34.3 Å². The molecule has 0 saturated carbocycles. The summed E-state index contributed by atoms with van der Waals surface area (Å²) in [5.41, 5.74) is 12.5. The van der Waals surface area contributed by atoms with Crippen molar-refractivity contribution in [2.45, 2.75) is 51.3 Å². The van der Waals surface area contributed by atoms with Gasteiger partial charge in [-0.3, -0.25) is 23.7 Å². The van der Waals surface area contributed by atoms with E-state index in [1.54, 1.807) is 62.4 Å². The molecule has 7 N–H and O–H groups in total. The quantitative estimate of drug-likeness (QED) is 0.102. The number of primary amides is 2. The number of nitrogens with one attached hydrogen (secondary N) is 1. The molecule has 0 aliphatic carbocycles. The van der Waals surface area contributed by atoms with Crippen LogP contribution in [-0.2, 0) is 25.3 Å². The Bertz CT molecular complexity index is 2940. The third-order valence-electron chi connectivity index (χ3n) is 8.80. The van der Waals surface area contributed by atoms with Crippen molar-refractivity contribution in [1.29, 1.82) is 0 Å². The minimum absolute atomic E-state index is 0.00695. The molecule has 23 heteroatoms. The second-order valence-electron chi connectivity index (χ2n) is 13.0. The maximum absolute atomic E-state index is 12.8. The first kappa shape index (κ1) is 44.7. The third kappa shape index (κ3) is 10.7. The second kappa shape index (κ2) is 19.7. The van der Waals surface area contributed by atoms with Crippen LogP contribution in [0.25, 0.3) is 20.4 Å². The van der Waals surface area contributed by atoms with Crippen LogP contribution in [0.1, 0.15) is 77.2 Å². The highest BCUT2D eigenvalue weighted by atomic mass is 35.5. The molecule has 0 aliphatic heterocycles. The van der Waals surface area contributed by atoms with Crippen LogP contribution in [0.5, 0.6) is 0 Å². The molecule has 18 nitrogen and oxygen atoms in total. The summed E-state index contributed by atoms with van der Waals surface area (Å²) in [6, 6.07) is 13.8. The van der Waals surface area contributed by atoms with Crippen molar-refractivity contribution in [2.75, 3.05) is 0 Å². The van der Waals surface area contributed by atoms with Crippen molar-refractivity contribution in [3.05, 3.63) is 147 Å². The number of hydrogen-bond acceptors (Lipinski definition) is 16. The molecule has 6 heterocycles. The van der Waals surface area contributed by atoms with Gasteiger partial charge in [0.2, 0.25) is 11.8 Å². The van der Waals surface area contributed by atoms with E-state index >= 15 is 0 Å². The molecule has 0 radical (unpaired) electrons. The van der Waals surface area contributed by atoms with Crippen molar-refractivity contribution in [1.82, 2.24) is 39.8 Å². The van der Waals surface area contributed by atoms with Gasteiger partial charge in [0.25, 0.3) is 22.9 Å². The van der Waals surface area contributed by atoms with Crippen molar-refractivity contribution < 1.29 is 28.8 Å². The summed E-state index contributed by atoms with van der Waals surface area (Å²) in [5.74, 6) is 0.335. The molecule has 2 atom stereocenters. The van der Waals surface area contributed by atoms with E-state index in [2.05, 4.69) is 35.2 Å². The molecule has 8 aromatic rings. The number of aromatic nitrogens is 8. The van der Waals surface area contributed by atoms with Gasteiger partial charge in [-0.25, -0.2) is 9.97 Å². The van der Waals surface area contributed by atoms with Gasteiger partial charge < -0.3 is 35.7 Å². The molecule has 0 aliphatic rings. The summed E-state index contributed by atoms with van der Waals surface area (Å²) >= 11 is 19.4. The predicted octanol–water partition coefficient (Wildman–Crippen LogP) is 5.36. The van der Waals surface area contributed by atoms with E-state index in [1.165, 1.54) is 17.2 Å². The van der Waals surface area contributed by atoms with E-state index in [1.807, 2.05) is 0 Å². The summed E-state index contributed by atoms with van der Waals surface area (Å²) in [4.78, 5) is 67.3. The molecule has 8 rings (SSSR count). The number of aromatic amines is 1. The zero-order valence-corrected chi connectivity index (χ0v) is 35.7. The summed E-state index contributed by atoms with van der Waals surface area (Å²) in [5, 5.41) is 29.9. The highest BCUT2D eigenvalue weighted by Crippen LogP contribution is 2.27. The number of H-pyrrole nitrogens is 1. The molecule has 0 bridgehead atoms. The molecular weight excluding hydrogens is 895 g/mol. The highest BCUT2D eigenvalue weighted by Gasteiger charge is 2.20. The molecule has 6 aromatic heterocycles. The van der Waals surface area contributed by atoms with E-state index in [9.17, 15) is 29.4 Å². The Labute approximate surface area is 366 Å². The number of aliphatic hydroxyl groups excluding tert-OH is 2. The molecule has 0 unspecified atom stereocenters. The summed E-state index contributed by atoms with van der Waals surface area (Å²) in [6.45, 7) is 3.36. The number of nitrogens with zero attached hydrogens (tertiary/aromatic N) is 7. The monoisotopic (exact) mass is 926 g/mol. The molecule has 2 amide bonds. The van der Waals surface area contributed by atoms with Crippen molar-refractivity contribution in [3.63, 3.8) is 0 Å². The average molecular weight is 928 g/mol. The maximum atomic E-state index is 12.8. The van der Waals surface area contributed by atoms with Gasteiger partial charge >= 0.3 is 0 Å². The van der Waals surface area contributed by atoms with Crippen LogP contribution in [0.3, 0.4) is 0 Å². The number of aliphatic hydroxyl groups is 2. The summed E-state index contributed by atoms with van der Waals surface area (Å²) in [7, 11) is 0. The Hall–Kier alpha value is -5.87. The van der Waals surface area contributed by atoms with Crippen LogP contribution < -0.4 is 22.6 Å². The zero-order chi connectivity index (χ0) is 44.0. The van der Waals surface area contributed by atoms with Crippen LogP contribution in [0.2, 0.25) is 10.0 Å². The van der Waals surface area contributed by atoms with Crippen molar-refractivity contribution in [2.24, 2.45) is 11.5 Å². The molecule has 316 valence electrons. The Morgan fingerprint density at radius 1 is 0.770 bits per heavy atom. The number of carbonyl (C=O) groups is 2. The summed E-state index contributed by atoms with van der Waals surface area (Å²) < 4.78 is 11.4. The van der Waals surface area contributed by atoms with Crippen molar-refractivity contribution >= 4 is 89.7 Å². The van der Waals surface area contributed by atoms with Crippen LogP contribution in [0, 0.1) is 13.8 Å². The van der Waals surface area contributed by atoms with Crippen LogP contribution >= 0.6 is 57.5 Å². The number of benzene rings is 2. The van der Waals surface area contributed by atoms with E-state index in [4.69, 9.17) is 55.3 Å². The number of rotatable bonds is 11. The number of alkyl halides is 1. The first-order valence-electron chi connectivity index (χ1n) is 17.7. The van der Waals surface area contributed by atoms with Gasteiger partial charge in [0.15, 0.2) is 11.6 Å².